The van der Waals surface area contributed by atoms with Gasteiger partial charge in [-0.25, -0.2) is 4.68 Å². The molecule has 3 aromatic rings. The number of hydrogen-bond donors (Lipinski definition) is 1. The van der Waals surface area contributed by atoms with Crippen molar-refractivity contribution in [3.63, 3.8) is 0 Å². The van der Waals surface area contributed by atoms with E-state index in [2.05, 4.69) is 34.6 Å². The molecular weight excluding hydrogens is 386 g/mol. The second-order valence-corrected chi connectivity index (χ2v) is 10.0. The highest BCUT2D eigenvalue weighted by atomic mass is 16.3. The zero-order valence-corrected chi connectivity index (χ0v) is 17.6. The predicted molar refractivity (Wildman–Crippen MR) is 118 cm³/mol. The van der Waals surface area contributed by atoms with Gasteiger partial charge in [0.15, 0.2) is 5.78 Å². The maximum atomic E-state index is 12.5. The van der Waals surface area contributed by atoms with E-state index in [0.717, 1.165) is 29.0 Å². The van der Waals surface area contributed by atoms with Gasteiger partial charge in [0.25, 0.3) is 0 Å². The molecule has 5 nitrogen and oxygen atoms in total. The molecule has 31 heavy (non-hydrogen) atoms. The number of carbonyl (C=O) groups is 1. The van der Waals surface area contributed by atoms with Crippen molar-refractivity contribution in [2.75, 3.05) is 0 Å². The highest BCUT2D eigenvalue weighted by Crippen LogP contribution is 2.60. The molecule has 158 valence electrons. The Morgan fingerprint density at radius 2 is 1.55 bits per heavy atom. The fourth-order valence-corrected chi connectivity index (χ4v) is 6.85. The number of Topliss-reactive ketones (excluding diaryl/α,β-unsaturated/α-hetero) is 1. The van der Waals surface area contributed by atoms with Crippen molar-refractivity contribution >= 4 is 5.78 Å². The first-order valence-electron chi connectivity index (χ1n) is 11.4. The molecule has 1 N–H and O–H groups in total. The van der Waals surface area contributed by atoms with Gasteiger partial charge in [0.05, 0.1) is 6.20 Å². The van der Waals surface area contributed by atoms with Gasteiger partial charge in [0.1, 0.15) is 18.0 Å². The number of carbonyl (C=O) groups excluding carboxylic acids is 1. The Morgan fingerprint density at radius 3 is 2.16 bits per heavy atom. The summed E-state index contributed by atoms with van der Waals surface area (Å²) in [4.78, 5) is 12.5. The van der Waals surface area contributed by atoms with Crippen LogP contribution >= 0.6 is 0 Å². The lowest BCUT2D eigenvalue weighted by molar-refractivity contribution is -0.00518. The van der Waals surface area contributed by atoms with Crippen molar-refractivity contribution in [2.45, 2.75) is 50.5 Å². The third kappa shape index (κ3) is 3.36. The Kier molecular flexibility index (Phi) is 4.27. The molecule has 0 aliphatic heterocycles. The third-order valence-corrected chi connectivity index (χ3v) is 7.86. The summed E-state index contributed by atoms with van der Waals surface area (Å²) in [5.74, 6) is 2.91. The molecule has 1 aromatic heterocycles. The van der Waals surface area contributed by atoms with E-state index in [1.165, 1.54) is 56.2 Å². The molecule has 0 radical (unpaired) electrons. The van der Waals surface area contributed by atoms with Crippen LogP contribution in [0.1, 0.15) is 54.4 Å². The molecule has 4 bridgehead atoms. The van der Waals surface area contributed by atoms with E-state index in [-0.39, 0.29) is 18.1 Å². The lowest BCUT2D eigenvalue weighted by Crippen LogP contribution is -2.48. The molecule has 7 rings (SSSR count). The maximum Gasteiger partial charge on any atom is 0.184 e. The fraction of sp³-hybridized carbons (Fsp3) is 0.423. The van der Waals surface area contributed by atoms with Gasteiger partial charge in [-0.15, -0.1) is 5.10 Å². The summed E-state index contributed by atoms with van der Waals surface area (Å²) in [6.45, 7) is 0.128. The van der Waals surface area contributed by atoms with Gasteiger partial charge < -0.3 is 5.11 Å². The summed E-state index contributed by atoms with van der Waals surface area (Å²) < 4.78 is 1.58. The van der Waals surface area contributed by atoms with Crippen LogP contribution in [0.5, 0.6) is 5.75 Å². The van der Waals surface area contributed by atoms with E-state index >= 15 is 0 Å². The quantitative estimate of drug-likeness (QED) is 0.598. The number of aromatic nitrogens is 3. The molecule has 0 saturated heterocycles. The predicted octanol–water partition coefficient (Wildman–Crippen LogP) is 5.00. The van der Waals surface area contributed by atoms with Gasteiger partial charge in [-0.3, -0.25) is 4.79 Å². The molecule has 4 aliphatic carbocycles. The molecule has 0 atom stereocenters. The SMILES string of the molecule is O=C(Cn1cc(-c2ccc(C34CC5CC(CC(C5)C3)C4)cc2)nn1)c1ccc(O)cc1. The lowest BCUT2D eigenvalue weighted by Gasteiger charge is -2.57. The summed E-state index contributed by atoms with van der Waals surface area (Å²) in [5.41, 5.74) is 4.29. The Bertz CT molecular complexity index is 1080. The normalized spacial score (nSPS) is 28.7. The van der Waals surface area contributed by atoms with Crippen molar-refractivity contribution in [1.29, 1.82) is 0 Å². The first-order valence-corrected chi connectivity index (χ1v) is 11.4. The molecule has 1 heterocycles. The molecule has 0 spiro atoms. The van der Waals surface area contributed by atoms with Crippen molar-refractivity contribution in [3.05, 3.63) is 65.9 Å². The van der Waals surface area contributed by atoms with Gasteiger partial charge >= 0.3 is 0 Å². The monoisotopic (exact) mass is 413 g/mol. The molecule has 5 heteroatoms. The number of ketones is 1. The highest BCUT2D eigenvalue weighted by Gasteiger charge is 2.51. The molecule has 4 fully saturated rings. The van der Waals surface area contributed by atoms with E-state index in [1.807, 2.05) is 6.20 Å². The second-order valence-electron chi connectivity index (χ2n) is 10.0. The largest absolute Gasteiger partial charge is 0.508 e. The van der Waals surface area contributed by atoms with Gasteiger partial charge in [-0.05, 0) is 91.5 Å². The highest BCUT2D eigenvalue weighted by molar-refractivity contribution is 5.95. The van der Waals surface area contributed by atoms with Crippen molar-refractivity contribution in [1.82, 2.24) is 15.0 Å². The Labute approximate surface area is 182 Å². The molecular formula is C26H27N3O2. The minimum Gasteiger partial charge on any atom is -0.508 e. The number of phenolic OH excluding ortho intramolecular Hbond substituents is 1. The Hall–Kier alpha value is -2.95. The molecule has 4 aliphatic rings. The first-order chi connectivity index (χ1) is 15.1. The minimum absolute atomic E-state index is 0.0615. The van der Waals surface area contributed by atoms with E-state index < -0.39 is 0 Å². The van der Waals surface area contributed by atoms with E-state index in [4.69, 9.17) is 0 Å². The average Bonchev–Trinajstić information content (AvgIpc) is 3.22. The number of benzene rings is 2. The second kappa shape index (κ2) is 7.04. The fourth-order valence-electron chi connectivity index (χ4n) is 6.85. The zero-order chi connectivity index (χ0) is 21.0. The van der Waals surface area contributed by atoms with Crippen molar-refractivity contribution in [2.24, 2.45) is 17.8 Å². The van der Waals surface area contributed by atoms with Gasteiger partial charge in [-0.1, -0.05) is 29.5 Å². The summed E-state index contributed by atoms with van der Waals surface area (Å²) in [5, 5.41) is 17.8. The van der Waals surface area contributed by atoms with Crippen molar-refractivity contribution < 1.29 is 9.90 Å². The summed E-state index contributed by atoms with van der Waals surface area (Å²) in [6, 6.07) is 15.2. The zero-order valence-electron chi connectivity index (χ0n) is 17.6. The van der Waals surface area contributed by atoms with E-state index in [0.29, 0.717) is 11.0 Å². The topological polar surface area (TPSA) is 68.0 Å². The smallest absolute Gasteiger partial charge is 0.184 e. The molecule has 4 saturated carbocycles. The molecule has 0 amide bonds. The lowest BCUT2D eigenvalue weighted by atomic mass is 9.48. The Morgan fingerprint density at radius 1 is 0.935 bits per heavy atom. The standard InChI is InChI=1S/C26H27N3O2/c30-23-7-3-21(4-8-23)25(31)16-29-15-24(27-28-29)20-1-5-22(6-2-20)26-12-17-9-18(13-26)11-19(10-17)14-26/h1-8,15,17-19,30H,9-14,16H2. The van der Waals surface area contributed by atoms with Crippen LogP contribution in [0.2, 0.25) is 0 Å². The number of hydrogen-bond acceptors (Lipinski definition) is 4. The van der Waals surface area contributed by atoms with E-state index in [9.17, 15) is 9.90 Å². The van der Waals surface area contributed by atoms with Crippen LogP contribution in [0, 0.1) is 17.8 Å². The summed E-state index contributed by atoms with van der Waals surface area (Å²) >= 11 is 0. The van der Waals surface area contributed by atoms with Crippen LogP contribution < -0.4 is 0 Å². The van der Waals surface area contributed by atoms with Gasteiger partial charge in [0, 0.05) is 11.1 Å². The van der Waals surface area contributed by atoms with Crippen LogP contribution in [-0.4, -0.2) is 25.9 Å². The molecule has 0 unspecified atom stereocenters. The van der Waals surface area contributed by atoms with Gasteiger partial charge in [-0.2, -0.15) is 0 Å². The van der Waals surface area contributed by atoms with Crippen LogP contribution in [0.3, 0.4) is 0 Å². The first kappa shape index (κ1) is 18.8. The van der Waals surface area contributed by atoms with Crippen LogP contribution in [0.4, 0.5) is 0 Å². The number of aromatic hydroxyl groups is 1. The third-order valence-electron chi connectivity index (χ3n) is 7.86. The van der Waals surface area contributed by atoms with Crippen molar-refractivity contribution in [3.8, 4) is 17.0 Å². The summed E-state index contributed by atoms with van der Waals surface area (Å²) in [6.07, 6.45) is 10.3. The van der Waals surface area contributed by atoms with E-state index in [1.54, 1.807) is 16.8 Å². The minimum atomic E-state index is -0.0615. The van der Waals surface area contributed by atoms with Gasteiger partial charge in [0.2, 0.25) is 0 Å². The molecule has 2 aromatic carbocycles. The van der Waals surface area contributed by atoms with Crippen LogP contribution in [0.15, 0.2) is 54.7 Å². The number of rotatable bonds is 5. The van der Waals surface area contributed by atoms with Crippen LogP contribution in [-0.2, 0) is 12.0 Å². The summed E-state index contributed by atoms with van der Waals surface area (Å²) in [7, 11) is 0. The Balaban J connectivity index is 1.18. The number of phenols is 1. The maximum absolute atomic E-state index is 12.5. The average molecular weight is 414 g/mol. The number of nitrogens with zero attached hydrogens (tertiary/aromatic N) is 3. The van der Waals surface area contributed by atoms with Crippen LogP contribution in [0.25, 0.3) is 11.3 Å².